The summed E-state index contributed by atoms with van der Waals surface area (Å²) >= 11 is 8.76. The number of rotatable bonds is 5. The Kier molecular flexibility index (Phi) is 5.50. The number of thioether (sulfide) groups is 1. The number of thiazole rings is 1. The molecule has 0 saturated carbocycles. The summed E-state index contributed by atoms with van der Waals surface area (Å²) in [4.78, 5) is 17.2. The predicted octanol–water partition coefficient (Wildman–Crippen LogP) is 5.33. The number of carbonyl (C=O) groups is 1. The second-order valence-corrected chi connectivity index (χ2v) is 7.09. The third-order valence-electron chi connectivity index (χ3n) is 3.09. The van der Waals surface area contributed by atoms with E-state index in [-0.39, 0.29) is 17.5 Å². The molecule has 3 aromatic rings. The van der Waals surface area contributed by atoms with Gasteiger partial charge in [0.05, 0.1) is 16.5 Å². The Balaban J connectivity index is 1.59. The molecule has 24 heavy (non-hydrogen) atoms. The number of hydrogen-bond acceptors (Lipinski definition) is 4. The molecule has 0 bridgehead atoms. The van der Waals surface area contributed by atoms with Crippen molar-refractivity contribution in [2.45, 2.75) is 4.90 Å². The summed E-state index contributed by atoms with van der Waals surface area (Å²) in [6.07, 6.45) is 0. The van der Waals surface area contributed by atoms with E-state index in [0.29, 0.717) is 15.8 Å². The lowest BCUT2D eigenvalue weighted by Crippen LogP contribution is -2.13. The van der Waals surface area contributed by atoms with Gasteiger partial charge in [0, 0.05) is 15.8 Å². The van der Waals surface area contributed by atoms with E-state index in [1.165, 1.54) is 35.2 Å². The van der Waals surface area contributed by atoms with Gasteiger partial charge in [-0.3, -0.25) is 4.79 Å². The van der Waals surface area contributed by atoms with Crippen molar-refractivity contribution in [2.24, 2.45) is 0 Å². The highest BCUT2D eigenvalue weighted by molar-refractivity contribution is 8.00. The fraction of sp³-hybridized carbons (Fsp3) is 0.0588. The molecule has 2 aromatic carbocycles. The molecule has 0 unspecified atom stereocenters. The van der Waals surface area contributed by atoms with Crippen molar-refractivity contribution < 1.29 is 9.18 Å². The van der Waals surface area contributed by atoms with Crippen molar-refractivity contribution in [1.82, 2.24) is 4.98 Å². The number of aromatic nitrogens is 1. The number of nitrogens with zero attached hydrogens (tertiary/aromatic N) is 1. The summed E-state index contributed by atoms with van der Waals surface area (Å²) in [6.45, 7) is 0. The van der Waals surface area contributed by atoms with Crippen LogP contribution in [0, 0.1) is 5.82 Å². The van der Waals surface area contributed by atoms with Gasteiger partial charge in [-0.05, 0) is 36.4 Å². The molecule has 0 spiro atoms. The Bertz CT molecular complexity index is 852. The summed E-state index contributed by atoms with van der Waals surface area (Å²) in [6, 6.07) is 13.5. The van der Waals surface area contributed by atoms with Gasteiger partial charge in [-0.2, -0.15) is 0 Å². The van der Waals surface area contributed by atoms with E-state index >= 15 is 0 Å². The third kappa shape index (κ3) is 4.35. The topological polar surface area (TPSA) is 42.0 Å². The van der Waals surface area contributed by atoms with Crippen molar-refractivity contribution in [2.75, 3.05) is 11.1 Å². The molecule has 0 atom stereocenters. The Morgan fingerprint density at radius 1 is 1.21 bits per heavy atom. The lowest BCUT2D eigenvalue weighted by molar-refractivity contribution is -0.113. The average Bonchev–Trinajstić information content (AvgIpc) is 3.03. The van der Waals surface area contributed by atoms with E-state index in [9.17, 15) is 9.18 Å². The van der Waals surface area contributed by atoms with Gasteiger partial charge in [0.1, 0.15) is 5.82 Å². The van der Waals surface area contributed by atoms with Crippen LogP contribution in [-0.4, -0.2) is 16.6 Å². The largest absolute Gasteiger partial charge is 0.301 e. The maximum atomic E-state index is 12.9. The van der Waals surface area contributed by atoms with Gasteiger partial charge in [0.15, 0.2) is 5.13 Å². The van der Waals surface area contributed by atoms with Crippen molar-refractivity contribution in [3.8, 4) is 11.3 Å². The molecule has 7 heteroatoms. The average molecular weight is 379 g/mol. The molecule has 3 rings (SSSR count). The zero-order valence-corrected chi connectivity index (χ0v) is 14.7. The Labute approximate surface area is 151 Å². The molecule has 1 heterocycles. The third-order valence-corrected chi connectivity index (χ3v) is 5.36. The molecular weight excluding hydrogens is 367 g/mol. The lowest BCUT2D eigenvalue weighted by Gasteiger charge is -2.03. The number of nitrogens with one attached hydrogen (secondary N) is 1. The van der Waals surface area contributed by atoms with Crippen molar-refractivity contribution in [1.29, 1.82) is 0 Å². The van der Waals surface area contributed by atoms with Crippen LogP contribution in [0.5, 0.6) is 0 Å². The van der Waals surface area contributed by atoms with Crippen molar-refractivity contribution >= 4 is 45.7 Å². The molecule has 1 amide bonds. The molecular formula is C17H12ClFN2OS2. The van der Waals surface area contributed by atoms with Gasteiger partial charge in [0.2, 0.25) is 5.91 Å². The van der Waals surface area contributed by atoms with Crippen LogP contribution in [0.15, 0.2) is 58.8 Å². The highest BCUT2D eigenvalue weighted by Crippen LogP contribution is 2.28. The van der Waals surface area contributed by atoms with Crippen molar-refractivity contribution in [3.05, 3.63) is 64.8 Å². The number of carbonyl (C=O) groups excluding carboxylic acids is 1. The first-order valence-corrected chi connectivity index (χ1v) is 9.25. The first-order valence-electron chi connectivity index (χ1n) is 7.00. The molecule has 1 aromatic heterocycles. The minimum Gasteiger partial charge on any atom is -0.301 e. The zero-order valence-electron chi connectivity index (χ0n) is 12.3. The Morgan fingerprint density at radius 2 is 1.96 bits per heavy atom. The van der Waals surface area contributed by atoms with Crippen molar-refractivity contribution in [3.63, 3.8) is 0 Å². The normalized spacial score (nSPS) is 10.6. The maximum Gasteiger partial charge on any atom is 0.236 e. The summed E-state index contributed by atoms with van der Waals surface area (Å²) < 4.78 is 12.9. The summed E-state index contributed by atoms with van der Waals surface area (Å²) in [5.41, 5.74) is 1.51. The highest BCUT2D eigenvalue weighted by atomic mass is 35.5. The van der Waals surface area contributed by atoms with Crippen LogP contribution >= 0.6 is 34.7 Å². The highest BCUT2D eigenvalue weighted by Gasteiger charge is 2.09. The van der Waals surface area contributed by atoms with E-state index in [1.807, 2.05) is 23.6 Å². The fourth-order valence-electron chi connectivity index (χ4n) is 1.94. The first kappa shape index (κ1) is 17.0. The minimum atomic E-state index is -0.292. The summed E-state index contributed by atoms with van der Waals surface area (Å²) in [5.74, 6) is -0.200. The second kappa shape index (κ2) is 7.79. The quantitative estimate of drug-likeness (QED) is 0.610. The van der Waals surface area contributed by atoms with Gasteiger partial charge < -0.3 is 5.32 Å². The van der Waals surface area contributed by atoms with Crippen LogP contribution in [-0.2, 0) is 4.79 Å². The van der Waals surface area contributed by atoms with E-state index in [1.54, 1.807) is 18.2 Å². The lowest BCUT2D eigenvalue weighted by atomic mass is 10.2. The van der Waals surface area contributed by atoms with Gasteiger partial charge in [-0.25, -0.2) is 9.37 Å². The molecule has 1 N–H and O–H groups in total. The van der Waals surface area contributed by atoms with E-state index in [4.69, 9.17) is 11.6 Å². The summed E-state index contributed by atoms with van der Waals surface area (Å²) in [5, 5.41) is 5.73. The molecule has 3 nitrogen and oxygen atoms in total. The molecule has 122 valence electrons. The zero-order chi connectivity index (χ0) is 16.9. The molecule has 0 fully saturated rings. The monoisotopic (exact) mass is 378 g/mol. The van der Waals surface area contributed by atoms with Crippen LogP contribution in [0.25, 0.3) is 11.3 Å². The Hall–Kier alpha value is -1.89. The molecule has 0 aliphatic rings. The number of anilines is 1. The number of benzene rings is 2. The maximum absolute atomic E-state index is 12.9. The summed E-state index contributed by atoms with van der Waals surface area (Å²) in [7, 11) is 0. The molecule has 0 aliphatic heterocycles. The standard InChI is InChI=1S/C17H12ClFN2OS2/c18-13-3-1-2-4-15(13)23-10-16(22)21-17-20-14(9-24-17)11-5-7-12(19)8-6-11/h1-9H,10H2,(H,20,21,22). The predicted molar refractivity (Wildman–Crippen MR) is 98.3 cm³/mol. The SMILES string of the molecule is O=C(CSc1ccccc1Cl)Nc1nc(-c2ccc(F)cc2)cs1. The fourth-order valence-corrected chi connectivity index (χ4v) is 3.72. The van der Waals surface area contributed by atoms with Crippen LogP contribution < -0.4 is 5.32 Å². The van der Waals surface area contributed by atoms with E-state index in [2.05, 4.69) is 10.3 Å². The molecule has 0 saturated heterocycles. The number of halogens is 2. The smallest absolute Gasteiger partial charge is 0.236 e. The second-order valence-electron chi connectivity index (χ2n) is 4.81. The first-order chi connectivity index (χ1) is 11.6. The van der Waals surface area contributed by atoms with E-state index in [0.717, 1.165) is 10.5 Å². The number of amides is 1. The van der Waals surface area contributed by atoms with Gasteiger partial charge in [-0.15, -0.1) is 23.1 Å². The molecule has 0 radical (unpaired) electrons. The molecule has 0 aliphatic carbocycles. The van der Waals surface area contributed by atoms with Crippen LogP contribution in [0.4, 0.5) is 9.52 Å². The van der Waals surface area contributed by atoms with Crippen LogP contribution in [0.2, 0.25) is 5.02 Å². The van der Waals surface area contributed by atoms with Gasteiger partial charge >= 0.3 is 0 Å². The minimum absolute atomic E-state index is 0.153. The van der Waals surface area contributed by atoms with Gasteiger partial charge in [-0.1, -0.05) is 23.7 Å². The van der Waals surface area contributed by atoms with Crippen LogP contribution in [0.3, 0.4) is 0 Å². The van der Waals surface area contributed by atoms with Gasteiger partial charge in [0.25, 0.3) is 0 Å². The van der Waals surface area contributed by atoms with E-state index < -0.39 is 0 Å². The van der Waals surface area contributed by atoms with Crippen LogP contribution in [0.1, 0.15) is 0 Å². The number of hydrogen-bond donors (Lipinski definition) is 1. The Morgan fingerprint density at radius 3 is 2.71 bits per heavy atom.